The topological polar surface area (TPSA) is 29.5 Å². The molecule has 1 spiro atoms. The van der Waals surface area contributed by atoms with E-state index in [1.165, 1.54) is 5.56 Å². The Labute approximate surface area is 124 Å². The van der Waals surface area contributed by atoms with Crippen molar-refractivity contribution in [1.82, 2.24) is 4.90 Å². The van der Waals surface area contributed by atoms with E-state index in [9.17, 15) is 4.79 Å². The van der Waals surface area contributed by atoms with Gasteiger partial charge in [-0.05, 0) is 42.2 Å². The number of benzene rings is 2. The highest BCUT2D eigenvalue weighted by atomic mass is 16.5. The van der Waals surface area contributed by atoms with E-state index in [2.05, 4.69) is 6.07 Å². The Morgan fingerprint density at radius 1 is 1.10 bits per heavy atom. The van der Waals surface area contributed by atoms with E-state index >= 15 is 0 Å². The van der Waals surface area contributed by atoms with Gasteiger partial charge in [-0.2, -0.15) is 0 Å². The molecular weight excluding hydrogens is 262 g/mol. The zero-order valence-corrected chi connectivity index (χ0v) is 12.0. The second-order valence-corrected chi connectivity index (χ2v) is 5.82. The van der Waals surface area contributed by atoms with E-state index in [-0.39, 0.29) is 11.4 Å². The Hall–Kier alpha value is -2.29. The van der Waals surface area contributed by atoms with E-state index in [1.54, 1.807) is 7.11 Å². The smallest absolute Gasteiger partial charge is 0.255 e. The molecule has 1 heterocycles. The van der Waals surface area contributed by atoms with Gasteiger partial charge in [-0.3, -0.25) is 4.79 Å². The van der Waals surface area contributed by atoms with Crippen LogP contribution in [0.15, 0.2) is 48.5 Å². The SMILES string of the molecule is COc1ccc(CN2C(=O)c3ccccc3C23CC3)cc1. The molecule has 4 rings (SSSR count). The Balaban J connectivity index is 1.66. The second-order valence-electron chi connectivity index (χ2n) is 5.82. The minimum atomic E-state index is -0.0341. The van der Waals surface area contributed by atoms with Crippen LogP contribution in [0, 0.1) is 0 Å². The quantitative estimate of drug-likeness (QED) is 0.862. The van der Waals surface area contributed by atoms with Gasteiger partial charge in [0, 0.05) is 12.1 Å². The van der Waals surface area contributed by atoms with Crippen LogP contribution in [0.4, 0.5) is 0 Å². The Bertz CT molecular complexity index is 701. The normalized spacial score (nSPS) is 18.0. The van der Waals surface area contributed by atoms with Gasteiger partial charge in [0.15, 0.2) is 0 Å². The van der Waals surface area contributed by atoms with Gasteiger partial charge < -0.3 is 9.64 Å². The maximum atomic E-state index is 12.7. The van der Waals surface area contributed by atoms with E-state index in [0.29, 0.717) is 6.54 Å². The number of carbonyl (C=O) groups is 1. The molecule has 0 unspecified atom stereocenters. The van der Waals surface area contributed by atoms with Gasteiger partial charge in [0.1, 0.15) is 5.75 Å². The van der Waals surface area contributed by atoms with Gasteiger partial charge in [-0.25, -0.2) is 0 Å². The molecule has 0 aromatic heterocycles. The van der Waals surface area contributed by atoms with E-state index < -0.39 is 0 Å². The largest absolute Gasteiger partial charge is 0.497 e. The monoisotopic (exact) mass is 279 g/mol. The van der Waals surface area contributed by atoms with Crippen LogP contribution in [0.25, 0.3) is 0 Å². The van der Waals surface area contributed by atoms with Crippen molar-refractivity contribution in [3.8, 4) is 5.75 Å². The van der Waals surface area contributed by atoms with Crippen LogP contribution < -0.4 is 4.74 Å². The Morgan fingerprint density at radius 3 is 2.48 bits per heavy atom. The molecule has 21 heavy (non-hydrogen) atoms. The number of hydrogen-bond acceptors (Lipinski definition) is 2. The molecule has 1 aliphatic heterocycles. The minimum absolute atomic E-state index is 0.0341. The first-order valence-corrected chi connectivity index (χ1v) is 7.29. The van der Waals surface area contributed by atoms with E-state index in [1.807, 2.05) is 47.4 Å². The maximum absolute atomic E-state index is 12.7. The summed E-state index contributed by atoms with van der Waals surface area (Å²) >= 11 is 0. The zero-order valence-electron chi connectivity index (χ0n) is 12.0. The molecule has 1 amide bonds. The van der Waals surface area contributed by atoms with E-state index in [4.69, 9.17) is 4.74 Å². The molecule has 3 heteroatoms. The van der Waals surface area contributed by atoms with Crippen molar-refractivity contribution in [2.75, 3.05) is 7.11 Å². The second kappa shape index (κ2) is 4.35. The molecule has 0 bridgehead atoms. The number of nitrogens with zero attached hydrogens (tertiary/aromatic N) is 1. The van der Waals surface area contributed by atoms with Gasteiger partial charge in [-0.15, -0.1) is 0 Å². The minimum Gasteiger partial charge on any atom is -0.497 e. The number of rotatable bonds is 3. The lowest BCUT2D eigenvalue weighted by atomic mass is 10.0. The number of fused-ring (bicyclic) bond motifs is 2. The third kappa shape index (κ3) is 1.77. The first-order valence-electron chi connectivity index (χ1n) is 7.29. The number of methoxy groups -OCH3 is 1. The first kappa shape index (κ1) is 12.5. The van der Waals surface area contributed by atoms with Crippen LogP contribution in [0.3, 0.4) is 0 Å². The fourth-order valence-corrected chi connectivity index (χ4v) is 3.35. The molecule has 106 valence electrons. The van der Waals surface area contributed by atoms with Gasteiger partial charge in [-0.1, -0.05) is 30.3 Å². The average molecular weight is 279 g/mol. The van der Waals surface area contributed by atoms with Crippen molar-refractivity contribution in [2.45, 2.75) is 24.9 Å². The molecule has 0 radical (unpaired) electrons. The maximum Gasteiger partial charge on any atom is 0.255 e. The Kier molecular flexibility index (Phi) is 2.58. The van der Waals surface area contributed by atoms with Crippen LogP contribution in [0.5, 0.6) is 5.75 Å². The van der Waals surface area contributed by atoms with Gasteiger partial charge in [0.2, 0.25) is 0 Å². The van der Waals surface area contributed by atoms with E-state index in [0.717, 1.165) is 29.7 Å². The van der Waals surface area contributed by atoms with Crippen LogP contribution in [0.1, 0.15) is 34.3 Å². The number of ether oxygens (including phenoxy) is 1. The van der Waals surface area contributed by atoms with Crippen LogP contribution >= 0.6 is 0 Å². The van der Waals surface area contributed by atoms with Crippen molar-refractivity contribution in [1.29, 1.82) is 0 Å². The zero-order chi connectivity index (χ0) is 14.4. The van der Waals surface area contributed by atoms with Crippen molar-refractivity contribution < 1.29 is 9.53 Å². The highest BCUT2D eigenvalue weighted by Crippen LogP contribution is 2.56. The molecule has 2 aliphatic rings. The third-order valence-electron chi connectivity index (χ3n) is 4.64. The summed E-state index contributed by atoms with van der Waals surface area (Å²) in [6, 6.07) is 16.0. The molecular formula is C18H17NO2. The standard InChI is InChI=1S/C18H17NO2/c1-21-14-8-6-13(7-9-14)12-19-17(20)15-4-2-3-5-16(15)18(19)10-11-18/h2-9H,10-12H2,1H3. The summed E-state index contributed by atoms with van der Waals surface area (Å²) in [5.74, 6) is 1.01. The number of carbonyl (C=O) groups excluding carboxylic acids is 1. The molecule has 2 aromatic carbocycles. The molecule has 1 aliphatic carbocycles. The third-order valence-corrected chi connectivity index (χ3v) is 4.64. The van der Waals surface area contributed by atoms with Gasteiger partial charge in [0.05, 0.1) is 12.6 Å². The van der Waals surface area contributed by atoms with Crippen molar-refractivity contribution in [3.63, 3.8) is 0 Å². The molecule has 0 N–H and O–H groups in total. The summed E-state index contributed by atoms with van der Waals surface area (Å²) in [5, 5.41) is 0. The lowest BCUT2D eigenvalue weighted by Crippen LogP contribution is -2.32. The molecule has 1 saturated carbocycles. The van der Waals surface area contributed by atoms with Crippen molar-refractivity contribution in [3.05, 3.63) is 65.2 Å². The lowest BCUT2D eigenvalue weighted by Gasteiger charge is -2.25. The lowest BCUT2D eigenvalue weighted by molar-refractivity contribution is 0.0683. The summed E-state index contributed by atoms with van der Waals surface area (Å²) in [7, 11) is 1.66. The summed E-state index contributed by atoms with van der Waals surface area (Å²) in [6.07, 6.45) is 2.15. The molecule has 2 aromatic rings. The molecule has 1 fully saturated rings. The Morgan fingerprint density at radius 2 is 1.81 bits per heavy atom. The highest BCUT2D eigenvalue weighted by Gasteiger charge is 2.57. The predicted molar refractivity (Wildman–Crippen MR) is 80.2 cm³/mol. The summed E-state index contributed by atoms with van der Waals surface area (Å²) in [4.78, 5) is 14.7. The van der Waals surface area contributed by atoms with Crippen LogP contribution in [-0.2, 0) is 12.1 Å². The van der Waals surface area contributed by atoms with Gasteiger partial charge >= 0.3 is 0 Å². The van der Waals surface area contributed by atoms with Crippen LogP contribution in [-0.4, -0.2) is 17.9 Å². The number of hydrogen-bond donors (Lipinski definition) is 0. The summed E-state index contributed by atoms with van der Waals surface area (Å²) in [5.41, 5.74) is 3.20. The summed E-state index contributed by atoms with van der Waals surface area (Å²) < 4.78 is 5.18. The highest BCUT2D eigenvalue weighted by molar-refractivity contribution is 6.00. The van der Waals surface area contributed by atoms with Crippen LogP contribution in [0.2, 0.25) is 0 Å². The fraction of sp³-hybridized carbons (Fsp3) is 0.278. The molecule has 0 atom stereocenters. The molecule has 0 saturated heterocycles. The summed E-state index contributed by atoms with van der Waals surface area (Å²) in [6.45, 7) is 0.664. The predicted octanol–water partition coefficient (Wildman–Crippen LogP) is 3.34. The first-order chi connectivity index (χ1) is 10.2. The molecule has 3 nitrogen and oxygen atoms in total. The fourth-order valence-electron chi connectivity index (χ4n) is 3.35. The number of amides is 1. The van der Waals surface area contributed by atoms with Gasteiger partial charge in [0.25, 0.3) is 5.91 Å². The average Bonchev–Trinajstić information content (AvgIpc) is 3.30. The van der Waals surface area contributed by atoms with Crippen molar-refractivity contribution >= 4 is 5.91 Å². The van der Waals surface area contributed by atoms with Crippen molar-refractivity contribution in [2.24, 2.45) is 0 Å².